The number of carbonyl (C=O) groups is 1. The Morgan fingerprint density at radius 1 is 0.892 bits per heavy atom. The monoisotopic (exact) mass is 516 g/mol. The smallest absolute Gasteiger partial charge is 0.314 e. The number of phenols is 1. The Kier molecular flexibility index (Phi) is 8.17. The third-order valence-corrected chi connectivity index (χ3v) is 7.02. The minimum Gasteiger partial charge on any atom is -0.505 e. The van der Waals surface area contributed by atoms with E-state index in [4.69, 9.17) is 4.74 Å². The fraction of sp³-hybridized carbons (Fsp3) is 0.345. The van der Waals surface area contributed by atoms with E-state index in [-0.39, 0.29) is 17.0 Å². The van der Waals surface area contributed by atoms with Crippen molar-refractivity contribution < 1.29 is 37.3 Å². The molecule has 0 bridgehead atoms. The van der Waals surface area contributed by atoms with Gasteiger partial charge in [0.05, 0.1) is 12.0 Å². The summed E-state index contributed by atoms with van der Waals surface area (Å²) in [4.78, 5) is 12.5. The van der Waals surface area contributed by atoms with Crippen molar-refractivity contribution in [2.45, 2.75) is 57.5 Å². The van der Waals surface area contributed by atoms with Crippen molar-refractivity contribution in [1.29, 1.82) is 0 Å². The van der Waals surface area contributed by atoms with E-state index in [9.17, 15) is 23.8 Å². The van der Waals surface area contributed by atoms with Gasteiger partial charge < -0.3 is 14.9 Å². The molecule has 0 aromatic heterocycles. The van der Waals surface area contributed by atoms with Gasteiger partial charge in [0.1, 0.15) is 0 Å². The molecule has 196 valence electrons. The molecule has 0 saturated heterocycles. The number of aromatic hydroxyl groups is 1. The average Bonchev–Trinajstić information content (AvgIpc) is 2.91. The van der Waals surface area contributed by atoms with Crippen LogP contribution >= 0.6 is 0 Å². The van der Waals surface area contributed by atoms with Crippen molar-refractivity contribution in [3.8, 4) is 22.6 Å². The molecular formula is C29H28F4O4. The molecule has 8 heteroatoms. The number of phenolic OH excluding ortho intramolecular Hbond substituents is 1. The Morgan fingerprint density at radius 3 is 2.22 bits per heavy atom. The summed E-state index contributed by atoms with van der Waals surface area (Å²) in [5.74, 6) is -7.97. The topological polar surface area (TPSA) is 66.8 Å². The van der Waals surface area contributed by atoms with E-state index >= 15 is 8.78 Å². The normalized spacial score (nSPS) is 18.4. The molecule has 3 aromatic carbocycles. The van der Waals surface area contributed by atoms with Gasteiger partial charge in [-0.25, -0.2) is 8.78 Å². The van der Waals surface area contributed by atoms with Crippen LogP contribution in [0.25, 0.3) is 11.1 Å². The minimum atomic E-state index is -1.50. The molecule has 1 atom stereocenters. The van der Waals surface area contributed by atoms with Crippen molar-refractivity contribution in [2.75, 3.05) is 0 Å². The van der Waals surface area contributed by atoms with Crippen LogP contribution in [-0.4, -0.2) is 16.2 Å². The van der Waals surface area contributed by atoms with Crippen molar-refractivity contribution >= 4 is 5.97 Å². The largest absolute Gasteiger partial charge is 0.505 e. The van der Waals surface area contributed by atoms with E-state index in [1.54, 1.807) is 30.3 Å². The molecule has 0 heterocycles. The highest BCUT2D eigenvalue weighted by atomic mass is 19.2. The molecule has 0 amide bonds. The summed E-state index contributed by atoms with van der Waals surface area (Å²) < 4.78 is 62.5. The van der Waals surface area contributed by atoms with Crippen LogP contribution in [0.1, 0.15) is 68.6 Å². The lowest BCUT2D eigenvalue weighted by Gasteiger charge is -2.28. The molecule has 1 fully saturated rings. The second kappa shape index (κ2) is 11.3. The van der Waals surface area contributed by atoms with Gasteiger partial charge in [0, 0.05) is 5.56 Å². The molecule has 0 spiro atoms. The van der Waals surface area contributed by atoms with Gasteiger partial charge in [-0.1, -0.05) is 49.7 Å². The predicted molar refractivity (Wildman–Crippen MR) is 130 cm³/mol. The molecule has 1 unspecified atom stereocenters. The molecule has 1 aliphatic rings. The highest BCUT2D eigenvalue weighted by molar-refractivity contribution is 5.75. The van der Waals surface area contributed by atoms with E-state index in [0.717, 1.165) is 24.1 Å². The summed E-state index contributed by atoms with van der Waals surface area (Å²) in [5.41, 5.74) is 1.57. The predicted octanol–water partition coefficient (Wildman–Crippen LogP) is 7.33. The number of benzene rings is 3. The summed E-state index contributed by atoms with van der Waals surface area (Å²) in [5, 5.41) is 19.3. The Morgan fingerprint density at radius 2 is 1.57 bits per heavy atom. The van der Waals surface area contributed by atoms with Gasteiger partial charge in [0.15, 0.2) is 23.1 Å². The zero-order chi connectivity index (χ0) is 26.7. The van der Waals surface area contributed by atoms with Gasteiger partial charge in [0.25, 0.3) is 0 Å². The zero-order valence-electron chi connectivity index (χ0n) is 20.3. The molecule has 3 aromatic rings. The SMILES string of the molecule is CCCC(O)c1ccc(-c2ccc(C3CCC(C(=O)Oc4ccc(O)c(F)c4F)CC3)c(F)c2F)cc1. The quantitative estimate of drug-likeness (QED) is 0.196. The highest BCUT2D eigenvalue weighted by Gasteiger charge is 2.31. The van der Waals surface area contributed by atoms with Gasteiger partial charge in [-0.2, -0.15) is 8.78 Å². The number of hydrogen-bond donors (Lipinski definition) is 2. The second-order valence-electron chi connectivity index (χ2n) is 9.44. The maximum absolute atomic E-state index is 15.1. The lowest BCUT2D eigenvalue weighted by Crippen LogP contribution is -2.26. The van der Waals surface area contributed by atoms with Crippen molar-refractivity contribution in [3.63, 3.8) is 0 Å². The Bertz CT molecular complexity index is 1270. The first-order valence-electron chi connectivity index (χ1n) is 12.4. The zero-order valence-corrected chi connectivity index (χ0v) is 20.3. The molecular weight excluding hydrogens is 488 g/mol. The summed E-state index contributed by atoms with van der Waals surface area (Å²) in [6, 6.07) is 11.7. The van der Waals surface area contributed by atoms with Crippen LogP contribution in [-0.2, 0) is 4.79 Å². The van der Waals surface area contributed by atoms with E-state index in [0.29, 0.717) is 37.7 Å². The first-order chi connectivity index (χ1) is 17.7. The Balaban J connectivity index is 1.42. The van der Waals surface area contributed by atoms with Gasteiger partial charge in [-0.15, -0.1) is 0 Å². The molecule has 4 rings (SSSR count). The van der Waals surface area contributed by atoms with Crippen LogP contribution in [0.3, 0.4) is 0 Å². The summed E-state index contributed by atoms with van der Waals surface area (Å²) >= 11 is 0. The molecule has 0 aliphatic heterocycles. The maximum Gasteiger partial charge on any atom is 0.314 e. The first kappa shape index (κ1) is 26.7. The fourth-order valence-corrected chi connectivity index (χ4v) is 4.86. The number of aliphatic hydroxyl groups is 1. The van der Waals surface area contributed by atoms with Crippen molar-refractivity contribution in [2.24, 2.45) is 5.92 Å². The maximum atomic E-state index is 15.1. The highest BCUT2D eigenvalue weighted by Crippen LogP contribution is 2.40. The van der Waals surface area contributed by atoms with E-state index in [2.05, 4.69) is 0 Å². The molecule has 2 N–H and O–H groups in total. The number of halogens is 4. The van der Waals surface area contributed by atoms with Crippen molar-refractivity contribution in [3.05, 3.63) is 82.9 Å². The van der Waals surface area contributed by atoms with Crippen LogP contribution in [0, 0.1) is 29.2 Å². The third-order valence-electron chi connectivity index (χ3n) is 7.02. The van der Waals surface area contributed by atoms with Crippen LogP contribution < -0.4 is 4.74 Å². The minimum absolute atomic E-state index is 0.123. The summed E-state index contributed by atoms with van der Waals surface area (Å²) in [6.07, 6.45) is 2.26. The fourth-order valence-electron chi connectivity index (χ4n) is 4.86. The van der Waals surface area contributed by atoms with E-state index < -0.39 is 52.8 Å². The third kappa shape index (κ3) is 5.64. The van der Waals surface area contributed by atoms with E-state index in [1.165, 1.54) is 6.07 Å². The number of aliphatic hydroxyl groups excluding tert-OH is 1. The van der Waals surface area contributed by atoms with Crippen LogP contribution in [0.5, 0.6) is 11.5 Å². The summed E-state index contributed by atoms with van der Waals surface area (Å²) in [7, 11) is 0. The summed E-state index contributed by atoms with van der Waals surface area (Å²) in [6.45, 7) is 1.97. The number of carbonyl (C=O) groups excluding carboxylic acids is 1. The van der Waals surface area contributed by atoms with Crippen molar-refractivity contribution in [1.82, 2.24) is 0 Å². The van der Waals surface area contributed by atoms with Gasteiger partial charge in [-0.05, 0) is 66.8 Å². The lowest BCUT2D eigenvalue weighted by atomic mass is 9.78. The number of esters is 1. The molecule has 1 aliphatic carbocycles. The lowest BCUT2D eigenvalue weighted by molar-refractivity contribution is -0.140. The van der Waals surface area contributed by atoms with Crippen LogP contribution in [0.15, 0.2) is 48.5 Å². The Hall–Kier alpha value is -3.39. The molecule has 4 nitrogen and oxygen atoms in total. The van der Waals surface area contributed by atoms with Gasteiger partial charge >= 0.3 is 5.97 Å². The molecule has 0 radical (unpaired) electrons. The van der Waals surface area contributed by atoms with Crippen LogP contribution in [0.4, 0.5) is 17.6 Å². The number of ether oxygens (including phenoxy) is 1. The first-order valence-corrected chi connectivity index (χ1v) is 12.4. The van der Waals surface area contributed by atoms with E-state index in [1.807, 2.05) is 6.92 Å². The van der Waals surface area contributed by atoms with Gasteiger partial charge in [-0.3, -0.25) is 4.79 Å². The standard InChI is InChI=1S/C29H28F4O4/c1-2-3-22(34)18-8-4-16(5-9-18)20-12-13-21(26(31)25(20)30)17-6-10-19(11-7-17)29(36)37-24-15-14-23(35)27(32)28(24)33/h4-5,8-9,12-15,17,19,22,34-35H,2-3,6-7,10-11H2,1H3. The number of hydrogen-bond acceptors (Lipinski definition) is 4. The average molecular weight is 517 g/mol. The molecule has 1 saturated carbocycles. The number of rotatable bonds is 7. The van der Waals surface area contributed by atoms with Crippen LogP contribution in [0.2, 0.25) is 0 Å². The van der Waals surface area contributed by atoms with Gasteiger partial charge in [0.2, 0.25) is 11.6 Å². The molecule has 37 heavy (non-hydrogen) atoms. The Labute approximate surface area is 212 Å². The second-order valence-corrected chi connectivity index (χ2v) is 9.44.